The molecule has 1 saturated heterocycles. The fourth-order valence-electron chi connectivity index (χ4n) is 2.98. The molecule has 1 fully saturated rings. The summed E-state index contributed by atoms with van der Waals surface area (Å²) in [7, 11) is 0. The number of nitrogens with zero attached hydrogens (tertiary/aromatic N) is 1. The summed E-state index contributed by atoms with van der Waals surface area (Å²) < 4.78 is 0. The van der Waals surface area contributed by atoms with E-state index < -0.39 is 0 Å². The molecule has 0 unspecified atom stereocenters. The summed E-state index contributed by atoms with van der Waals surface area (Å²) in [5.41, 5.74) is 0.875. The Morgan fingerprint density at radius 1 is 0.920 bits per heavy atom. The summed E-state index contributed by atoms with van der Waals surface area (Å²) in [6, 6.07) is 6.81. The van der Waals surface area contributed by atoms with Crippen LogP contribution in [0.4, 0.5) is 0 Å². The van der Waals surface area contributed by atoms with E-state index in [9.17, 15) is 9.59 Å². The fourth-order valence-corrected chi connectivity index (χ4v) is 2.98. The van der Waals surface area contributed by atoms with Crippen LogP contribution >= 0.6 is 0 Å². The summed E-state index contributed by atoms with van der Waals surface area (Å²) in [6.45, 7) is 9.65. The molecule has 0 saturated carbocycles. The van der Waals surface area contributed by atoms with Gasteiger partial charge in [0.1, 0.15) is 0 Å². The number of amides is 2. The van der Waals surface area contributed by atoms with Crippen molar-refractivity contribution >= 4 is 11.8 Å². The average molecular weight is 345 g/mol. The molecule has 0 aliphatic carbocycles. The first-order valence-corrected chi connectivity index (χ1v) is 9.28. The molecular weight excluding hydrogens is 314 g/mol. The molecule has 2 N–H and O–H groups in total. The van der Waals surface area contributed by atoms with Crippen LogP contribution in [0.2, 0.25) is 0 Å². The van der Waals surface area contributed by atoms with Gasteiger partial charge >= 0.3 is 0 Å². The average Bonchev–Trinajstić information content (AvgIpc) is 2.82. The largest absolute Gasteiger partial charge is 0.351 e. The Morgan fingerprint density at radius 2 is 1.44 bits per heavy atom. The Bertz CT molecular complexity index is 568. The molecular formula is C20H31N3O2. The molecule has 0 aromatic heterocycles. The Hall–Kier alpha value is -1.88. The molecule has 0 atom stereocenters. The molecule has 2 amide bonds. The molecule has 1 aliphatic heterocycles. The number of hydrogen-bond acceptors (Lipinski definition) is 3. The van der Waals surface area contributed by atoms with E-state index in [1.165, 1.54) is 25.7 Å². The molecule has 1 aromatic carbocycles. The standard InChI is InChI=1S/C20H31N3O2/c1-20(2,3)22-19(25)17-10-8-16(9-11-17)18(24)21-12-15-23-13-6-4-5-7-14-23/h8-11H,4-7,12-15H2,1-3H3,(H,21,24)(H,22,25). The van der Waals surface area contributed by atoms with Gasteiger partial charge in [0.2, 0.25) is 0 Å². The highest BCUT2D eigenvalue weighted by Gasteiger charge is 2.16. The molecule has 2 rings (SSSR count). The van der Waals surface area contributed by atoms with Crippen LogP contribution in [0.25, 0.3) is 0 Å². The van der Waals surface area contributed by atoms with Crippen LogP contribution in [-0.2, 0) is 0 Å². The Labute approximate surface area is 151 Å². The van der Waals surface area contributed by atoms with E-state index in [1.54, 1.807) is 24.3 Å². The molecule has 5 nitrogen and oxygen atoms in total. The molecule has 0 radical (unpaired) electrons. The van der Waals surface area contributed by atoms with Crippen molar-refractivity contribution in [2.45, 2.75) is 52.0 Å². The van der Waals surface area contributed by atoms with Gasteiger partial charge in [0.05, 0.1) is 0 Å². The van der Waals surface area contributed by atoms with Crippen LogP contribution in [0.3, 0.4) is 0 Å². The van der Waals surface area contributed by atoms with E-state index in [0.29, 0.717) is 17.7 Å². The number of hydrogen-bond donors (Lipinski definition) is 2. The van der Waals surface area contributed by atoms with E-state index in [4.69, 9.17) is 0 Å². The number of rotatable bonds is 5. The minimum absolute atomic E-state index is 0.0856. The van der Waals surface area contributed by atoms with Crippen LogP contribution in [-0.4, -0.2) is 48.4 Å². The third-order valence-electron chi connectivity index (χ3n) is 4.31. The van der Waals surface area contributed by atoms with Crippen LogP contribution < -0.4 is 10.6 Å². The first-order valence-electron chi connectivity index (χ1n) is 9.28. The molecule has 1 heterocycles. The number of nitrogens with one attached hydrogen (secondary N) is 2. The molecule has 5 heteroatoms. The van der Waals surface area contributed by atoms with Crippen LogP contribution in [0.1, 0.15) is 67.2 Å². The summed E-state index contributed by atoms with van der Waals surface area (Å²) in [5.74, 6) is -0.210. The number of likely N-dealkylation sites (tertiary alicyclic amines) is 1. The van der Waals surface area contributed by atoms with Crippen molar-refractivity contribution in [1.82, 2.24) is 15.5 Å². The molecule has 25 heavy (non-hydrogen) atoms. The SMILES string of the molecule is CC(C)(C)NC(=O)c1ccc(C(=O)NCCN2CCCCCC2)cc1. The second-order valence-electron chi connectivity index (χ2n) is 7.79. The van der Waals surface area contributed by atoms with Crippen molar-refractivity contribution in [3.63, 3.8) is 0 Å². The van der Waals surface area contributed by atoms with Gasteiger partial charge in [-0.1, -0.05) is 12.8 Å². The highest BCUT2D eigenvalue weighted by atomic mass is 16.2. The number of carbonyl (C=O) groups is 2. The smallest absolute Gasteiger partial charge is 0.251 e. The topological polar surface area (TPSA) is 61.4 Å². The van der Waals surface area contributed by atoms with Crippen molar-refractivity contribution in [2.24, 2.45) is 0 Å². The van der Waals surface area contributed by atoms with E-state index in [-0.39, 0.29) is 17.4 Å². The van der Waals surface area contributed by atoms with Crippen LogP contribution in [0, 0.1) is 0 Å². The van der Waals surface area contributed by atoms with Crippen molar-refractivity contribution in [2.75, 3.05) is 26.2 Å². The van der Waals surface area contributed by atoms with Gasteiger partial charge in [-0.25, -0.2) is 0 Å². The van der Waals surface area contributed by atoms with Crippen molar-refractivity contribution in [3.8, 4) is 0 Å². The monoisotopic (exact) mass is 345 g/mol. The maximum absolute atomic E-state index is 12.2. The second kappa shape index (κ2) is 8.99. The summed E-state index contributed by atoms with van der Waals surface area (Å²) in [4.78, 5) is 26.8. The van der Waals surface area contributed by atoms with Gasteiger partial charge < -0.3 is 15.5 Å². The van der Waals surface area contributed by atoms with Gasteiger partial charge in [-0.15, -0.1) is 0 Å². The zero-order chi connectivity index (χ0) is 18.3. The van der Waals surface area contributed by atoms with Crippen LogP contribution in [0.15, 0.2) is 24.3 Å². The lowest BCUT2D eigenvalue weighted by Crippen LogP contribution is -2.40. The summed E-state index contributed by atoms with van der Waals surface area (Å²) in [6.07, 6.45) is 5.15. The zero-order valence-electron chi connectivity index (χ0n) is 15.7. The minimum Gasteiger partial charge on any atom is -0.351 e. The van der Waals surface area contributed by atoms with Gasteiger partial charge in [-0.3, -0.25) is 9.59 Å². The Balaban J connectivity index is 1.80. The lowest BCUT2D eigenvalue weighted by molar-refractivity contribution is 0.0915. The maximum Gasteiger partial charge on any atom is 0.251 e. The molecule has 0 bridgehead atoms. The van der Waals surface area contributed by atoms with E-state index in [0.717, 1.165) is 19.6 Å². The minimum atomic E-state index is -0.277. The van der Waals surface area contributed by atoms with Crippen molar-refractivity contribution < 1.29 is 9.59 Å². The Kier molecular flexibility index (Phi) is 7.00. The zero-order valence-corrected chi connectivity index (χ0v) is 15.7. The first kappa shape index (κ1) is 19.4. The third-order valence-corrected chi connectivity index (χ3v) is 4.31. The van der Waals surface area contributed by atoms with Gasteiger partial charge in [-0.2, -0.15) is 0 Å². The van der Waals surface area contributed by atoms with Gasteiger partial charge in [-0.05, 0) is 71.0 Å². The lowest BCUT2D eigenvalue weighted by atomic mass is 10.1. The highest BCUT2D eigenvalue weighted by molar-refractivity contribution is 5.98. The first-order chi connectivity index (χ1) is 11.8. The van der Waals surface area contributed by atoms with Crippen molar-refractivity contribution in [1.29, 1.82) is 0 Å². The van der Waals surface area contributed by atoms with Gasteiger partial charge in [0, 0.05) is 29.8 Å². The number of benzene rings is 1. The third kappa shape index (κ3) is 6.86. The predicted octanol–water partition coefficient (Wildman–Crippen LogP) is 2.82. The normalized spacial score (nSPS) is 16.1. The second-order valence-corrected chi connectivity index (χ2v) is 7.79. The molecule has 0 spiro atoms. The molecule has 138 valence electrons. The van der Waals surface area contributed by atoms with Crippen LogP contribution in [0.5, 0.6) is 0 Å². The van der Waals surface area contributed by atoms with E-state index >= 15 is 0 Å². The maximum atomic E-state index is 12.2. The fraction of sp³-hybridized carbons (Fsp3) is 0.600. The summed E-state index contributed by atoms with van der Waals surface area (Å²) >= 11 is 0. The summed E-state index contributed by atoms with van der Waals surface area (Å²) in [5, 5.41) is 5.89. The van der Waals surface area contributed by atoms with Gasteiger partial charge in [0.15, 0.2) is 0 Å². The molecule has 1 aliphatic rings. The van der Waals surface area contributed by atoms with E-state index in [2.05, 4.69) is 15.5 Å². The quantitative estimate of drug-likeness (QED) is 0.863. The predicted molar refractivity (Wildman–Crippen MR) is 101 cm³/mol. The molecule has 1 aromatic rings. The Morgan fingerprint density at radius 3 is 1.96 bits per heavy atom. The highest BCUT2D eigenvalue weighted by Crippen LogP contribution is 2.09. The van der Waals surface area contributed by atoms with Gasteiger partial charge in [0.25, 0.3) is 11.8 Å². The van der Waals surface area contributed by atoms with E-state index in [1.807, 2.05) is 20.8 Å². The lowest BCUT2D eigenvalue weighted by Gasteiger charge is -2.20. The number of carbonyl (C=O) groups excluding carboxylic acids is 2. The van der Waals surface area contributed by atoms with Crippen molar-refractivity contribution in [3.05, 3.63) is 35.4 Å².